The van der Waals surface area contributed by atoms with Crippen molar-refractivity contribution in [2.24, 2.45) is 5.92 Å². The van der Waals surface area contributed by atoms with E-state index in [4.69, 9.17) is 4.74 Å². The molecule has 0 spiro atoms. The first kappa shape index (κ1) is 13.8. The molecule has 1 amide bonds. The molecule has 2 aliphatic heterocycles. The van der Waals surface area contributed by atoms with E-state index < -0.39 is 0 Å². The van der Waals surface area contributed by atoms with Crippen molar-refractivity contribution < 1.29 is 9.53 Å². The van der Waals surface area contributed by atoms with Crippen molar-refractivity contribution in [2.45, 2.75) is 45.1 Å². The van der Waals surface area contributed by atoms with Crippen LogP contribution in [0.5, 0.6) is 0 Å². The molecule has 2 saturated heterocycles. The standard InChI is InChI=1S/C14H26N2O2/c1-2-13-11-16(7-4-8-18-13)14(17)9-12-5-3-6-15-10-12/h12-13,15H,2-11H2,1H3. The highest BCUT2D eigenvalue weighted by atomic mass is 16.5. The molecule has 0 radical (unpaired) electrons. The molecule has 0 bridgehead atoms. The number of nitrogens with one attached hydrogen (secondary N) is 1. The Balaban J connectivity index is 1.82. The lowest BCUT2D eigenvalue weighted by molar-refractivity contribution is -0.133. The van der Waals surface area contributed by atoms with Crippen LogP contribution in [-0.4, -0.2) is 49.7 Å². The van der Waals surface area contributed by atoms with E-state index in [1.807, 2.05) is 4.90 Å². The number of carbonyl (C=O) groups excluding carboxylic acids is 1. The van der Waals surface area contributed by atoms with Gasteiger partial charge in [0.05, 0.1) is 6.10 Å². The largest absolute Gasteiger partial charge is 0.376 e. The van der Waals surface area contributed by atoms with Crippen molar-refractivity contribution in [3.05, 3.63) is 0 Å². The predicted octanol–water partition coefficient (Wildman–Crippen LogP) is 1.40. The molecular weight excluding hydrogens is 228 g/mol. The maximum atomic E-state index is 12.3. The van der Waals surface area contributed by atoms with E-state index in [1.165, 1.54) is 12.8 Å². The average molecular weight is 254 g/mol. The van der Waals surface area contributed by atoms with Crippen LogP contribution in [-0.2, 0) is 9.53 Å². The van der Waals surface area contributed by atoms with Crippen LogP contribution in [0.3, 0.4) is 0 Å². The maximum absolute atomic E-state index is 12.3. The van der Waals surface area contributed by atoms with Gasteiger partial charge in [-0.3, -0.25) is 4.79 Å². The molecule has 2 heterocycles. The van der Waals surface area contributed by atoms with Gasteiger partial charge in [0.1, 0.15) is 0 Å². The summed E-state index contributed by atoms with van der Waals surface area (Å²) < 4.78 is 5.72. The summed E-state index contributed by atoms with van der Waals surface area (Å²) in [5.41, 5.74) is 0. The first-order chi connectivity index (χ1) is 8.79. The Bertz CT molecular complexity index is 265. The fourth-order valence-electron chi connectivity index (χ4n) is 2.84. The summed E-state index contributed by atoms with van der Waals surface area (Å²) in [6.45, 7) is 6.70. The fourth-order valence-corrected chi connectivity index (χ4v) is 2.84. The van der Waals surface area contributed by atoms with E-state index in [9.17, 15) is 4.79 Å². The van der Waals surface area contributed by atoms with Gasteiger partial charge < -0.3 is 15.0 Å². The number of nitrogens with zero attached hydrogens (tertiary/aromatic N) is 1. The SMILES string of the molecule is CCC1CN(C(=O)CC2CCCNC2)CCCO1. The van der Waals surface area contributed by atoms with E-state index in [0.29, 0.717) is 18.2 Å². The number of amides is 1. The van der Waals surface area contributed by atoms with Crippen molar-refractivity contribution in [3.8, 4) is 0 Å². The van der Waals surface area contributed by atoms with Crippen LogP contribution >= 0.6 is 0 Å². The van der Waals surface area contributed by atoms with Crippen LogP contribution < -0.4 is 5.32 Å². The van der Waals surface area contributed by atoms with Gasteiger partial charge in [0.2, 0.25) is 5.91 Å². The molecule has 0 aromatic heterocycles. The van der Waals surface area contributed by atoms with E-state index in [-0.39, 0.29) is 6.10 Å². The normalized spacial score (nSPS) is 29.9. The molecule has 0 saturated carbocycles. The van der Waals surface area contributed by atoms with Crippen molar-refractivity contribution >= 4 is 5.91 Å². The van der Waals surface area contributed by atoms with Crippen LogP contribution in [0.2, 0.25) is 0 Å². The number of hydrogen-bond acceptors (Lipinski definition) is 3. The topological polar surface area (TPSA) is 41.6 Å². The van der Waals surface area contributed by atoms with Gasteiger partial charge in [0.15, 0.2) is 0 Å². The Morgan fingerprint density at radius 1 is 1.44 bits per heavy atom. The second kappa shape index (κ2) is 7.10. The lowest BCUT2D eigenvalue weighted by Crippen LogP contribution is -2.39. The molecule has 2 fully saturated rings. The molecule has 0 aromatic rings. The highest BCUT2D eigenvalue weighted by molar-refractivity contribution is 5.76. The zero-order chi connectivity index (χ0) is 12.8. The summed E-state index contributed by atoms with van der Waals surface area (Å²) in [5, 5.41) is 3.38. The summed E-state index contributed by atoms with van der Waals surface area (Å²) >= 11 is 0. The van der Waals surface area contributed by atoms with Crippen molar-refractivity contribution in [1.82, 2.24) is 10.2 Å². The molecule has 0 aromatic carbocycles. The van der Waals surface area contributed by atoms with Gasteiger partial charge in [0.25, 0.3) is 0 Å². The number of ether oxygens (including phenoxy) is 1. The molecule has 2 aliphatic rings. The third-order valence-corrected chi connectivity index (χ3v) is 4.02. The Morgan fingerprint density at radius 3 is 3.06 bits per heavy atom. The average Bonchev–Trinajstić information content (AvgIpc) is 2.65. The summed E-state index contributed by atoms with van der Waals surface area (Å²) in [4.78, 5) is 14.3. The van der Waals surface area contributed by atoms with Crippen molar-refractivity contribution in [1.29, 1.82) is 0 Å². The smallest absolute Gasteiger partial charge is 0.222 e. The highest BCUT2D eigenvalue weighted by Gasteiger charge is 2.24. The van der Waals surface area contributed by atoms with Gasteiger partial charge >= 0.3 is 0 Å². The third-order valence-electron chi connectivity index (χ3n) is 4.02. The number of rotatable bonds is 3. The number of piperidine rings is 1. The molecule has 2 atom stereocenters. The quantitative estimate of drug-likeness (QED) is 0.828. The molecule has 2 unspecified atom stereocenters. The zero-order valence-electron chi connectivity index (χ0n) is 11.5. The van der Waals surface area contributed by atoms with Gasteiger partial charge in [-0.1, -0.05) is 6.92 Å². The second-order valence-electron chi connectivity index (χ2n) is 5.51. The molecule has 2 rings (SSSR count). The van der Waals surface area contributed by atoms with Crippen LogP contribution in [0.1, 0.15) is 39.0 Å². The number of hydrogen-bond donors (Lipinski definition) is 1. The van der Waals surface area contributed by atoms with Crippen molar-refractivity contribution in [3.63, 3.8) is 0 Å². The first-order valence-electron chi connectivity index (χ1n) is 7.39. The zero-order valence-corrected chi connectivity index (χ0v) is 11.5. The summed E-state index contributed by atoms with van der Waals surface area (Å²) in [5.74, 6) is 0.864. The predicted molar refractivity (Wildman–Crippen MR) is 71.4 cm³/mol. The van der Waals surface area contributed by atoms with Crippen LogP contribution in [0, 0.1) is 5.92 Å². The Labute approximate surface area is 110 Å². The molecule has 0 aliphatic carbocycles. The molecular formula is C14H26N2O2. The molecule has 18 heavy (non-hydrogen) atoms. The van der Waals surface area contributed by atoms with Gasteiger partial charge in [-0.25, -0.2) is 0 Å². The van der Waals surface area contributed by atoms with Crippen LogP contribution in [0.15, 0.2) is 0 Å². The summed E-state index contributed by atoms with van der Waals surface area (Å²) in [7, 11) is 0. The second-order valence-corrected chi connectivity index (χ2v) is 5.51. The molecule has 4 heteroatoms. The van der Waals surface area contributed by atoms with E-state index in [1.54, 1.807) is 0 Å². The minimum Gasteiger partial charge on any atom is -0.376 e. The molecule has 4 nitrogen and oxygen atoms in total. The first-order valence-corrected chi connectivity index (χ1v) is 7.39. The Kier molecular flexibility index (Phi) is 5.45. The van der Waals surface area contributed by atoms with E-state index in [2.05, 4.69) is 12.2 Å². The lowest BCUT2D eigenvalue weighted by Gasteiger charge is -2.27. The minimum atomic E-state index is 0.237. The van der Waals surface area contributed by atoms with Gasteiger partial charge in [-0.05, 0) is 44.7 Å². The van der Waals surface area contributed by atoms with Crippen LogP contribution in [0.4, 0.5) is 0 Å². The van der Waals surface area contributed by atoms with Gasteiger partial charge in [-0.2, -0.15) is 0 Å². The maximum Gasteiger partial charge on any atom is 0.222 e. The summed E-state index contributed by atoms with van der Waals surface area (Å²) in [6, 6.07) is 0. The Hall–Kier alpha value is -0.610. The highest BCUT2D eigenvalue weighted by Crippen LogP contribution is 2.17. The van der Waals surface area contributed by atoms with Crippen LogP contribution in [0.25, 0.3) is 0 Å². The van der Waals surface area contributed by atoms with E-state index in [0.717, 1.165) is 45.6 Å². The van der Waals surface area contributed by atoms with Gasteiger partial charge in [0, 0.05) is 26.1 Å². The fraction of sp³-hybridized carbons (Fsp3) is 0.929. The van der Waals surface area contributed by atoms with Gasteiger partial charge in [-0.15, -0.1) is 0 Å². The minimum absolute atomic E-state index is 0.237. The lowest BCUT2D eigenvalue weighted by atomic mass is 9.95. The van der Waals surface area contributed by atoms with E-state index >= 15 is 0 Å². The number of carbonyl (C=O) groups is 1. The molecule has 1 N–H and O–H groups in total. The third kappa shape index (κ3) is 3.95. The monoisotopic (exact) mass is 254 g/mol. The molecule has 104 valence electrons. The summed E-state index contributed by atoms with van der Waals surface area (Å²) in [6.07, 6.45) is 5.32. The van der Waals surface area contributed by atoms with Crippen molar-refractivity contribution in [2.75, 3.05) is 32.8 Å². The Morgan fingerprint density at radius 2 is 2.33 bits per heavy atom.